The Balaban J connectivity index is 1.78. The number of anilines is 1. The molecule has 0 amide bonds. The standard InChI is InChI=1S/C19H17NO3/c1-22-19(21)17-11-16(8-9-18(17)20)23-12-13-6-7-14-4-2-3-5-15(14)10-13/h2-11H,12,20H2,1H3. The fourth-order valence-corrected chi connectivity index (χ4v) is 2.41. The van der Waals surface area contributed by atoms with E-state index in [1.807, 2.05) is 18.2 Å². The monoisotopic (exact) mass is 307 g/mol. The van der Waals surface area contributed by atoms with Gasteiger partial charge in [-0.1, -0.05) is 36.4 Å². The molecule has 0 aliphatic heterocycles. The molecule has 3 aromatic carbocycles. The smallest absolute Gasteiger partial charge is 0.340 e. The summed E-state index contributed by atoms with van der Waals surface area (Å²) in [6.45, 7) is 0.412. The predicted octanol–water partition coefficient (Wildman–Crippen LogP) is 3.79. The van der Waals surface area contributed by atoms with Gasteiger partial charge in [-0.3, -0.25) is 0 Å². The van der Waals surface area contributed by atoms with Crippen LogP contribution >= 0.6 is 0 Å². The molecule has 0 aliphatic carbocycles. The SMILES string of the molecule is COC(=O)c1cc(OCc2ccc3ccccc3c2)ccc1N. The molecule has 0 aliphatic rings. The lowest BCUT2D eigenvalue weighted by Crippen LogP contribution is -2.06. The van der Waals surface area contributed by atoms with Gasteiger partial charge in [0.05, 0.1) is 12.7 Å². The van der Waals surface area contributed by atoms with Crippen LogP contribution in [0.4, 0.5) is 5.69 Å². The second-order valence-corrected chi connectivity index (χ2v) is 5.21. The average Bonchev–Trinajstić information content (AvgIpc) is 2.60. The van der Waals surface area contributed by atoms with Gasteiger partial charge in [0.1, 0.15) is 12.4 Å². The van der Waals surface area contributed by atoms with Crippen molar-refractivity contribution in [2.24, 2.45) is 0 Å². The summed E-state index contributed by atoms with van der Waals surface area (Å²) in [5.74, 6) is 0.103. The van der Waals surface area contributed by atoms with Gasteiger partial charge in [-0.25, -0.2) is 4.79 Å². The first-order chi connectivity index (χ1) is 11.2. The largest absolute Gasteiger partial charge is 0.489 e. The van der Waals surface area contributed by atoms with E-state index in [1.165, 1.54) is 17.9 Å². The zero-order chi connectivity index (χ0) is 16.2. The highest BCUT2D eigenvalue weighted by Gasteiger charge is 2.11. The summed E-state index contributed by atoms with van der Waals surface area (Å²) in [7, 11) is 1.32. The van der Waals surface area contributed by atoms with E-state index in [9.17, 15) is 4.79 Å². The number of nitrogen functional groups attached to an aromatic ring is 1. The van der Waals surface area contributed by atoms with Crippen LogP contribution in [0.2, 0.25) is 0 Å². The molecule has 0 fully saturated rings. The number of esters is 1. The highest BCUT2D eigenvalue weighted by atomic mass is 16.5. The quantitative estimate of drug-likeness (QED) is 0.588. The summed E-state index contributed by atoms with van der Waals surface area (Å²) in [5.41, 5.74) is 7.51. The molecular formula is C19H17NO3. The number of carbonyl (C=O) groups excluding carboxylic acids is 1. The molecule has 0 heterocycles. The van der Waals surface area contributed by atoms with E-state index in [4.69, 9.17) is 15.2 Å². The second-order valence-electron chi connectivity index (χ2n) is 5.21. The first-order valence-electron chi connectivity index (χ1n) is 7.25. The molecule has 0 spiro atoms. The van der Waals surface area contributed by atoms with Crippen LogP contribution < -0.4 is 10.5 Å². The Hall–Kier alpha value is -3.01. The van der Waals surface area contributed by atoms with Gasteiger partial charge in [0.15, 0.2) is 0 Å². The van der Waals surface area contributed by atoms with Crippen molar-refractivity contribution in [3.8, 4) is 5.75 Å². The van der Waals surface area contributed by atoms with Crippen molar-refractivity contribution in [1.29, 1.82) is 0 Å². The van der Waals surface area contributed by atoms with Gasteiger partial charge in [0, 0.05) is 5.69 Å². The van der Waals surface area contributed by atoms with Gasteiger partial charge in [-0.2, -0.15) is 0 Å². The van der Waals surface area contributed by atoms with E-state index in [1.54, 1.807) is 18.2 Å². The third-order valence-electron chi connectivity index (χ3n) is 3.65. The molecule has 0 saturated heterocycles. The van der Waals surface area contributed by atoms with Crippen LogP contribution in [0.1, 0.15) is 15.9 Å². The minimum atomic E-state index is -0.473. The summed E-state index contributed by atoms with van der Waals surface area (Å²) >= 11 is 0. The van der Waals surface area contributed by atoms with Crippen LogP contribution in [0.15, 0.2) is 60.7 Å². The van der Waals surface area contributed by atoms with E-state index < -0.39 is 5.97 Å². The molecule has 4 heteroatoms. The molecule has 0 bridgehead atoms. The summed E-state index contributed by atoms with van der Waals surface area (Å²) in [4.78, 5) is 11.6. The Morgan fingerprint density at radius 1 is 1.00 bits per heavy atom. The molecular weight excluding hydrogens is 290 g/mol. The first-order valence-corrected chi connectivity index (χ1v) is 7.25. The number of fused-ring (bicyclic) bond motifs is 1. The third kappa shape index (κ3) is 3.26. The van der Waals surface area contributed by atoms with Gasteiger partial charge < -0.3 is 15.2 Å². The lowest BCUT2D eigenvalue weighted by Gasteiger charge is -2.10. The minimum Gasteiger partial charge on any atom is -0.489 e. The van der Waals surface area contributed by atoms with Gasteiger partial charge >= 0.3 is 5.97 Å². The Kier molecular flexibility index (Phi) is 4.15. The summed E-state index contributed by atoms with van der Waals surface area (Å²) in [6, 6.07) is 19.3. The lowest BCUT2D eigenvalue weighted by molar-refractivity contribution is 0.0601. The number of ether oxygens (including phenoxy) is 2. The van der Waals surface area contributed by atoms with Gasteiger partial charge in [-0.05, 0) is 40.6 Å². The Morgan fingerprint density at radius 3 is 2.57 bits per heavy atom. The second kappa shape index (κ2) is 6.40. The van der Waals surface area contributed by atoms with Crippen molar-refractivity contribution < 1.29 is 14.3 Å². The number of rotatable bonds is 4. The third-order valence-corrected chi connectivity index (χ3v) is 3.65. The van der Waals surface area contributed by atoms with Crippen molar-refractivity contribution in [1.82, 2.24) is 0 Å². The van der Waals surface area contributed by atoms with Crippen LogP contribution in [0, 0.1) is 0 Å². The molecule has 2 N–H and O–H groups in total. The maximum absolute atomic E-state index is 11.6. The molecule has 0 aromatic heterocycles. The number of hydrogen-bond acceptors (Lipinski definition) is 4. The topological polar surface area (TPSA) is 61.5 Å². The molecule has 3 aromatic rings. The lowest BCUT2D eigenvalue weighted by atomic mass is 10.1. The number of methoxy groups -OCH3 is 1. The van der Waals surface area contributed by atoms with E-state index in [-0.39, 0.29) is 0 Å². The fourth-order valence-electron chi connectivity index (χ4n) is 2.41. The van der Waals surface area contributed by atoms with Crippen molar-refractivity contribution in [2.45, 2.75) is 6.61 Å². The van der Waals surface area contributed by atoms with Crippen molar-refractivity contribution in [3.05, 3.63) is 71.8 Å². The van der Waals surface area contributed by atoms with Crippen molar-refractivity contribution >= 4 is 22.4 Å². The molecule has 4 nitrogen and oxygen atoms in total. The van der Waals surface area contributed by atoms with Crippen LogP contribution in [0.5, 0.6) is 5.75 Å². The molecule has 0 atom stereocenters. The Bertz CT molecular complexity index is 858. The zero-order valence-electron chi connectivity index (χ0n) is 12.8. The molecule has 3 rings (SSSR count). The van der Waals surface area contributed by atoms with Crippen LogP contribution in [-0.4, -0.2) is 13.1 Å². The summed E-state index contributed by atoms with van der Waals surface area (Å²) in [5, 5.41) is 2.36. The summed E-state index contributed by atoms with van der Waals surface area (Å²) in [6.07, 6.45) is 0. The van der Waals surface area contributed by atoms with Crippen LogP contribution in [-0.2, 0) is 11.3 Å². The van der Waals surface area contributed by atoms with E-state index in [0.29, 0.717) is 23.6 Å². The summed E-state index contributed by atoms with van der Waals surface area (Å²) < 4.78 is 10.5. The average molecular weight is 307 g/mol. The number of nitrogens with two attached hydrogens (primary N) is 1. The van der Waals surface area contributed by atoms with Crippen LogP contribution in [0.25, 0.3) is 10.8 Å². The number of hydrogen-bond donors (Lipinski definition) is 1. The highest BCUT2D eigenvalue weighted by molar-refractivity contribution is 5.95. The van der Waals surface area contributed by atoms with Crippen LogP contribution in [0.3, 0.4) is 0 Å². The normalized spacial score (nSPS) is 10.5. The van der Waals surface area contributed by atoms with E-state index in [2.05, 4.69) is 24.3 Å². The van der Waals surface area contributed by atoms with E-state index in [0.717, 1.165) is 5.56 Å². The molecule has 116 valence electrons. The predicted molar refractivity (Wildman–Crippen MR) is 90.5 cm³/mol. The Morgan fingerprint density at radius 2 is 1.78 bits per heavy atom. The molecule has 23 heavy (non-hydrogen) atoms. The molecule has 0 unspecified atom stereocenters. The van der Waals surface area contributed by atoms with E-state index >= 15 is 0 Å². The van der Waals surface area contributed by atoms with Gasteiger partial charge in [0.2, 0.25) is 0 Å². The zero-order valence-corrected chi connectivity index (χ0v) is 12.8. The molecule has 0 saturated carbocycles. The number of carbonyl (C=O) groups is 1. The highest BCUT2D eigenvalue weighted by Crippen LogP contribution is 2.22. The van der Waals surface area contributed by atoms with Gasteiger partial charge in [0.25, 0.3) is 0 Å². The Labute approximate surface area is 134 Å². The number of benzene rings is 3. The van der Waals surface area contributed by atoms with Crippen molar-refractivity contribution in [2.75, 3.05) is 12.8 Å². The van der Waals surface area contributed by atoms with Crippen molar-refractivity contribution in [3.63, 3.8) is 0 Å². The minimum absolute atomic E-state index is 0.309. The molecule has 0 radical (unpaired) electrons. The first kappa shape index (κ1) is 14.9. The maximum atomic E-state index is 11.6. The maximum Gasteiger partial charge on any atom is 0.340 e. The van der Waals surface area contributed by atoms with Gasteiger partial charge in [-0.15, -0.1) is 0 Å². The fraction of sp³-hybridized carbons (Fsp3) is 0.105.